The molecule has 2 aromatic heterocycles. The fourth-order valence-electron chi connectivity index (χ4n) is 3.86. The first-order valence-electron chi connectivity index (χ1n) is 9.68. The lowest BCUT2D eigenvalue weighted by atomic mass is 10.1. The number of carbonyl (C=O) groups is 1. The minimum absolute atomic E-state index is 0.0966. The van der Waals surface area contributed by atoms with Gasteiger partial charge in [0.1, 0.15) is 0 Å². The Bertz CT molecular complexity index is 980. The van der Waals surface area contributed by atoms with Crippen LogP contribution >= 0.6 is 22.9 Å². The standard InChI is InChI=1S/C20H21ClN4O3S/c1-12-23-16(11-29-12)14-8-15-18(19(14)21)17(2-3-22-15)24-4-6-25(7-5-24)20(26)28-13-9-27-10-13/h2-3,11,13H,4-10H2,1H3. The van der Waals surface area contributed by atoms with Gasteiger partial charge in [0.15, 0.2) is 6.10 Å². The highest BCUT2D eigenvalue weighted by Gasteiger charge is 2.31. The highest BCUT2D eigenvalue weighted by molar-refractivity contribution is 7.09. The first-order chi connectivity index (χ1) is 14.1. The summed E-state index contributed by atoms with van der Waals surface area (Å²) in [4.78, 5) is 25.5. The Morgan fingerprint density at radius 1 is 1.31 bits per heavy atom. The number of carbonyl (C=O) groups excluding carboxylic acids is 1. The van der Waals surface area contributed by atoms with Gasteiger partial charge in [0.05, 0.1) is 34.6 Å². The average molecular weight is 433 g/mol. The highest BCUT2D eigenvalue weighted by Crippen LogP contribution is 2.44. The Kier molecular flexibility index (Phi) is 4.93. The van der Waals surface area contributed by atoms with Crippen molar-refractivity contribution >= 4 is 45.3 Å². The third kappa shape index (κ3) is 3.49. The minimum Gasteiger partial charge on any atom is -0.441 e. The van der Waals surface area contributed by atoms with Crippen molar-refractivity contribution in [1.29, 1.82) is 0 Å². The molecule has 2 saturated heterocycles. The van der Waals surface area contributed by atoms with Crippen LogP contribution in [-0.4, -0.2) is 66.5 Å². The second-order valence-electron chi connectivity index (χ2n) is 7.39. The van der Waals surface area contributed by atoms with Crippen molar-refractivity contribution in [2.24, 2.45) is 0 Å². The number of amides is 1. The number of ether oxygens (including phenoxy) is 2. The van der Waals surface area contributed by atoms with E-state index in [1.165, 1.54) is 0 Å². The van der Waals surface area contributed by atoms with Gasteiger partial charge < -0.3 is 19.3 Å². The summed E-state index contributed by atoms with van der Waals surface area (Å²) < 4.78 is 10.5. The summed E-state index contributed by atoms with van der Waals surface area (Å²) in [7, 11) is 0. The molecule has 2 aromatic rings. The van der Waals surface area contributed by atoms with Crippen molar-refractivity contribution in [1.82, 2.24) is 14.9 Å². The van der Waals surface area contributed by atoms with Crippen LogP contribution < -0.4 is 4.90 Å². The summed E-state index contributed by atoms with van der Waals surface area (Å²) in [5.74, 6) is 0. The molecule has 0 radical (unpaired) electrons. The molecule has 0 aromatic carbocycles. The number of allylic oxidation sites excluding steroid dienone is 1. The van der Waals surface area contributed by atoms with E-state index < -0.39 is 0 Å². The molecular weight excluding hydrogens is 412 g/mol. The van der Waals surface area contributed by atoms with Crippen LogP contribution in [0.5, 0.6) is 0 Å². The maximum Gasteiger partial charge on any atom is 0.410 e. The van der Waals surface area contributed by atoms with Gasteiger partial charge in [0.2, 0.25) is 0 Å². The van der Waals surface area contributed by atoms with Crippen molar-refractivity contribution in [2.75, 3.05) is 44.3 Å². The van der Waals surface area contributed by atoms with E-state index in [2.05, 4.69) is 20.2 Å². The fourth-order valence-corrected chi connectivity index (χ4v) is 4.86. The van der Waals surface area contributed by atoms with Gasteiger partial charge in [-0.05, 0) is 13.0 Å². The van der Waals surface area contributed by atoms with Crippen LogP contribution in [0.1, 0.15) is 22.0 Å². The molecule has 4 heterocycles. The van der Waals surface area contributed by atoms with E-state index in [4.69, 9.17) is 21.1 Å². The lowest BCUT2D eigenvalue weighted by Crippen LogP contribution is -2.51. The van der Waals surface area contributed by atoms with Crippen LogP contribution in [0.15, 0.2) is 17.6 Å². The molecule has 0 bridgehead atoms. The summed E-state index contributed by atoms with van der Waals surface area (Å²) in [6.07, 6.45) is 2.18. The number of aryl methyl sites for hydroxylation is 1. The third-order valence-electron chi connectivity index (χ3n) is 5.52. The summed E-state index contributed by atoms with van der Waals surface area (Å²) in [6.45, 7) is 5.67. The molecule has 3 aliphatic rings. The number of hydrogen-bond donors (Lipinski definition) is 0. The lowest BCUT2D eigenvalue weighted by Gasteiger charge is -2.37. The zero-order valence-electron chi connectivity index (χ0n) is 16.1. The van der Waals surface area contributed by atoms with E-state index in [1.54, 1.807) is 16.2 Å². The quantitative estimate of drug-likeness (QED) is 0.742. The Labute approximate surface area is 177 Å². The molecule has 0 saturated carbocycles. The number of piperazine rings is 1. The number of anilines is 1. The number of hydrogen-bond acceptors (Lipinski definition) is 7. The van der Waals surface area contributed by atoms with Crippen molar-refractivity contribution in [3.8, 4) is 0 Å². The van der Waals surface area contributed by atoms with Gasteiger partial charge in [0, 0.05) is 61.0 Å². The SMILES string of the molecule is Cc1nc(C2=C(Cl)c3c(N4CCN(C(=O)OC5COC5)CC4)ccnc3C2)cs1. The van der Waals surface area contributed by atoms with Crippen molar-refractivity contribution < 1.29 is 14.3 Å². The van der Waals surface area contributed by atoms with E-state index in [-0.39, 0.29) is 12.2 Å². The van der Waals surface area contributed by atoms with Gasteiger partial charge in [-0.25, -0.2) is 9.78 Å². The Morgan fingerprint density at radius 2 is 2.10 bits per heavy atom. The number of rotatable bonds is 3. The molecule has 0 N–H and O–H groups in total. The topological polar surface area (TPSA) is 67.8 Å². The summed E-state index contributed by atoms with van der Waals surface area (Å²) >= 11 is 8.44. The Hall–Kier alpha value is -2.16. The minimum atomic E-state index is -0.253. The molecule has 2 aliphatic heterocycles. The van der Waals surface area contributed by atoms with Gasteiger partial charge >= 0.3 is 6.09 Å². The van der Waals surface area contributed by atoms with Gasteiger partial charge in [-0.3, -0.25) is 4.98 Å². The van der Waals surface area contributed by atoms with Crippen molar-refractivity contribution in [3.05, 3.63) is 39.6 Å². The van der Waals surface area contributed by atoms with E-state index in [0.717, 1.165) is 51.3 Å². The summed E-state index contributed by atoms with van der Waals surface area (Å²) in [5.41, 5.74) is 5.03. The smallest absolute Gasteiger partial charge is 0.410 e. The number of pyridine rings is 1. The molecule has 152 valence electrons. The molecule has 0 atom stereocenters. The van der Waals surface area contributed by atoms with Crippen LogP contribution in [0.25, 0.3) is 10.6 Å². The van der Waals surface area contributed by atoms with Crippen LogP contribution in [-0.2, 0) is 15.9 Å². The van der Waals surface area contributed by atoms with E-state index in [9.17, 15) is 4.79 Å². The molecule has 5 rings (SSSR count). The molecule has 29 heavy (non-hydrogen) atoms. The number of thiazole rings is 1. The average Bonchev–Trinajstić information content (AvgIpc) is 3.28. The van der Waals surface area contributed by atoms with Crippen LogP contribution in [0.3, 0.4) is 0 Å². The molecule has 1 amide bonds. The fraction of sp³-hybridized carbons (Fsp3) is 0.450. The molecule has 0 spiro atoms. The van der Waals surface area contributed by atoms with Gasteiger partial charge in [-0.15, -0.1) is 11.3 Å². The third-order valence-corrected chi connectivity index (χ3v) is 6.71. The van der Waals surface area contributed by atoms with Crippen LogP contribution in [0.2, 0.25) is 0 Å². The molecule has 7 nitrogen and oxygen atoms in total. The highest BCUT2D eigenvalue weighted by atomic mass is 35.5. The predicted octanol–water partition coefficient (Wildman–Crippen LogP) is 3.17. The van der Waals surface area contributed by atoms with Gasteiger partial charge in [0.25, 0.3) is 0 Å². The maximum atomic E-state index is 12.3. The van der Waals surface area contributed by atoms with Gasteiger partial charge in [-0.1, -0.05) is 11.6 Å². The maximum absolute atomic E-state index is 12.3. The largest absolute Gasteiger partial charge is 0.441 e. The van der Waals surface area contributed by atoms with Gasteiger partial charge in [-0.2, -0.15) is 0 Å². The number of fused-ring (bicyclic) bond motifs is 1. The van der Waals surface area contributed by atoms with Crippen LogP contribution in [0.4, 0.5) is 10.5 Å². The van der Waals surface area contributed by atoms with Crippen LogP contribution in [0, 0.1) is 6.92 Å². The first kappa shape index (κ1) is 18.8. The Morgan fingerprint density at radius 3 is 2.76 bits per heavy atom. The normalized spacial score (nSPS) is 19.4. The monoisotopic (exact) mass is 432 g/mol. The number of halogens is 1. The summed E-state index contributed by atoms with van der Waals surface area (Å²) in [5, 5.41) is 3.81. The molecule has 0 unspecified atom stereocenters. The second-order valence-corrected chi connectivity index (χ2v) is 8.83. The van der Waals surface area contributed by atoms with Crippen molar-refractivity contribution in [3.63, 3.8) is 0 Å². The zero-order chi connectivity index (χ0) is 20.0. The van der Waals surface area contributed by atoms with E-state index >= 15 is 0 Å². The molecule has 1 aliphatic carbocycles. The lowest BCUT2D eigenvalue weighted by molar-refractivity contribution is -0.104. The molecule has 2 fully saturated rings. The number of aromatic nitrogens is 2. The van der Waals surface area contributed by atoms with Crippen molar-refractivity contribution in [2.45, 2.75) is 19.4 Å². The van der Waals surface area contributed by atoms with E-state index in [1.807, 2.05) is 19.2 Å². The second kappa shape index (κ2) is 7.59. The zero-order valence-corrected chi connectivity index (χ0v) is 17.6. The predicted molar refractivity (Wildman–Crippen MR) is 112 cm³/mol. The van der Waals surface area contributed by atoms with E-state index in [0.29, 0.717) is 32.7 Å². The summed E-state index contributed by atoms with van der Waals surface area (Å²) in [6, 6.07) is 2.01. The number of nitrogens with zero attached hydrogens (tertiary/aromatic N) is 4. The first-order valence-corrected chi connectivity index (χ1v) is 10.9. The molecular formula is C20H21ClN4O3S. The Balaban J connectivity index is 1.33. The molecule has 9 heteroatoms.